The van der Waals surface area contributed by atoms with Gasteiger partial charge in [0.25, 0.3) is 0 Å². The van der Waals surface area contributed by atoms with Crippen molar-refractivity contribution >= 4 is 16.9 Å². The number of ether oxygens (including phenoxy) is 1. The monoisotopic (exact) mass is 384 g/mol. The Kier molecular flexibility index (Phi) is 5.81. The van der Waals surface area contributed by atoms with Crippen molar-refractivity contribution in [2.45, 2.75) is 56.8 Å². The number of anilines is 1. The van der Waals surface area contributed by atoms with Crippen molar-refractivity contribution in [1.82, 2.24) is 15.0 Å². The second kappa shape index (κ2) is 7.93. The van der Waals surface area contributed by atoms with Gasteiger partial charge in [0.15, 0.2) is 5.69 Å². The van der Waals surface area contributed by atoms with E-state index in [-0.39, 0.29) is 34.9 Å². The van der Waals surface area contributed by atoms with Gasteiger partial charge in [0.2, 0.25) is 5.95 Å². The van der Waals surface area contributed by atoms with E-state index in [2.05, 4.69) is 20.3 Å². The lowest BCUT2D eigenvalue weighted by Gasteiger charge is -2.26. The largest absolute Gasteiger partial charge is 0.434 e. The Morgan fingerprint density at radius 2 is 1.93 bits per heavy atom. The Morgan fingerprint density at radius 3 is 2.56 bits per heavy atom. The highest BCUT2D eigenvalue weighted by Crippen LogP contribution is 2.39. The molecule has 1 aliphatic rings. The molecule has 2 aromatic rings. The molecule has 1 saturated carbocycles. The first-order valence-corrected chi connectivity index (χ1v) is 8.96. The molecule has 27 heavy (non-hydrogen) atoms. The fourth-order valence-electron chi connectivity index (χ4n) is 3.53. The number of aliphatic hydroxyl groups excluding tert-OH is 1. The van der Waals surface area contributed by atoms with Gasteiger partial charge in [0.05, 0.1) is 18.2 Å². The fourth-order valence-corrected chi connectivity index (χ4v) is 3.53. The third-order valence-corrected chi connectivity index (χ3v) is 4.85. The molecule has 0 unspecified atom stereocenters. The number of aliphatic hydroxyl groups is 1. The van der Waals surface area contributed by atoms with Crippen molar-refractivity contribution in [3.05, 3.63) is 23.7 Å². The lowest BCUT2D eigenvalue weighted by atomic mass is 9.82. The van der Waals surface area contributed by atoms with Gasteiger partial charge in [-0.15, -0.1) is 0 Å². The van der Waals surface area contributed by atoms with Gasteiger partial charge in [-0.05, 0) is 38.5 Å². The summed E-state index contributed by atoms with van der Waals surface area (Å²) in [5.74, 6) is 0.272. The minimum Gasteiger partial charge on any atom is -0.393 e. The maximum atomic E-state index is 13.4. The van der Waals surface area contributed by atoms with Crippen LogP contribution in [0.1, 0.15) is 49.8 Å². The number of hydrogen-bond donors (Lipinski definition) is 2. The van der Waals surface area contributed by atoms with E-state index in [9.17, 15) is 18.3 Å². The molecule has 2 N–H and O–H groups in total. The molecule has 3 rings (SSSR count). The molecule has 0 spiro atoms. The van der Waals surface area contributed by atoms with Gasteiger partial charge in [-0.3, -0.25) is 4.98 Å². The maximum absolute atomic E-state index is 13.4. The minimum atomic E-state index is -4.58. The predicted molar refractivity (Wildman–Crippen MR) is 94.5 cm³/mol. The van der Waals surface area contributed by atoms with Crippen molar-refractivity contribution < 1.29 is 23.0 Å². The van der Waals surface area contributed by atoms with E-state index in [0.29, 0.717) is 37.9 Å². The summed E-state index contributed by atoms with van der Waals surface area (Å²) in [6.45, 7) is 2.28. The second-order valence-corrected chi connectivity index (χ2v) is 7.02. The van der Waals surface area contributed by atoms with Gasteiger partial charge in [-0.25, -0.2) is 9.97 Å². The highest BCUT2D eigenvalue weighted by molar-refractivity contribution is 5.84. The zero-order valence-corrected chi connectivity index (χ0v) is 15.3. The molecular formula is C18H23F3N4O2. The molecule has 2 aromatic heterocycles. The zero-order valence-electron chi connectivity index (χ0n) is 15.3. The van der Waals surface area contributed by atoms with Crippen LogP contribution >= 0.6 is 0 Å². The highest BCUT2D eigenvalue weighted by atomic mass is 19.4. The van der Waals surface area contributed by atoms with Crippen LogP contribution in [0.3, 0.4) is 0 Å². The normalized spacial score (nSPS) is 22.0. The quantitative estimate of drug-likeness (QED) is 0.821. The molecule has 0 aromatic carbocycles. The Labute approximate surface area is 155 Å². The molecule has 0 saturated heterocycles. The summed E-state index contributed by atoms with van der Waals surface area (Å²) in [6, 6.07) is -0.0929. The molecule has 0 amide bonds. The average molecular weight is 384 g/mol. The minimum absolute atomic E-state index is 0.0184. The lowest BCUT2D eigenvalue weighted by Crippen LogP contribution is -2.22. The van der Waals surface area contributed by atoms with Gasteiger partial charge >= 0.3 is 6.18 Å². The van der Waals surface area contributed by atoms with Crippen LogP contribution in [0, 0.1) is 0 Å². The van der Waals surface area contributed by atoms with Gasteiger partial charge in [-0.1, -0.05) is 0 Å². The molecular weight excluding hydrogens is 361 g/mol. The molecule has 0 aliphatic heterocycles. The summed E-state index contributed by atoms with van der Waals surface area (Å²) in [6.07, 6.45) is 0.150. The number of hydrogen-bond acceptors (Lipinski definition) is 6. The van der Waals surface area contributed by atoms with E-state index >= 15 is 0 Å². The average Bonchev–Trinajstić information content (AvgIpc) is 2.61. The van der Waals surface area contributed by atoms with E-state index in [1.54, 1.807) is 7.11 Å². The predicted octanol–water partition coefficient (Wildman–Crippen LogP) is 3.51. The SMILES string of the molecule is COC[C@H](C)Nc1ncc2c(C(F)(F)F)ncc([C@H]3CC[C@H](O)CC3)c2n1. The van der Waals surface area contributed by atoms with Crippen molar-refractivity contribution in [2.75, 3.05) is 19.0 Å². The van der Waals surface area contributed by atoms with Crippen LogP contribution in [0.25, 0.3) is 10.9 Å². The summed E-state index contributed by atoms with van der Waals surface area (Å²) in [4.78, 5) is 12.1. The van der Waals surface area contributed by atoms with Gasteiger partial charge in [-0.2, -0.15) is 13.2 Å². The van der Waals surface area contributed by atoms with E-state index in [1.165, 1.54) is 12.4 Å². The fraction of sp³-hybridized carbons (Fsp3) is 0.611. The van der Waals surface area contributed by atoms with E-state index in [1.807, 2.05) is 6.92 Å². The molecule has 6 nitrogen and oxygen atoms in total. The van der Waals surface area contributed by atoms with E-state index in [0.717, 1.165) is 0 Å². The summed E-state index contributed by atoms with van der Waals surface area (Å²) >= 11 is 0. The molecule has 9 heteroatoms. The molecule has 1 aliphatic carbocycles. The number of pyridine rings is 1. The van der Waals surface area contributed by atoms with Crippen LogP contribution in [0.15, 0.2) is 12.4 Å². The lowest BCUT2D eigenvalue weighted by molar-refractivity contribution is -0.139. The standard InChI is InChI=1S/C18H23F3N4O2/c1-10(9-27-2)24-17-23-8-14-15(25-17)13(7-22-16(14)18(19,20)21)11-3-5-12(26)6-4-11/h7-8,10-12,26H,3-6,9H2,1-2H3,(H,23,24,25)/t10-,11-,12-/m0/s1. The van der Waals surface area contributed by atoms with Crippen molar-refractivity contribution in [2.24, 2.45) is 0 Å². The third kappa shape index (κ3) is 4.47. The van der Waals surface area contributed by atoms with E-state index < -0.39 is 11.9 Å². The van der Waals surface area contributed by atoms with Crippen molar-refractivity contribution in [3.8, 4) is 0 Å². The summed E-state index contributed by atoms with van der Waals surface area (Å²) in [5.41, 5.74) is -0.0378. The Balaban J connectivity index is 2.05. The molecule has 1 atom stereocenters. The van der Waals surface area contributed by atoms with Crippen LogP contribution in [0.2, 0.25) is 0 Å². The van der Waals surface area contributed by atoms with Crippen LogP contribution in [-0.4, -0.2) is 45.9 Å². The van der Waals surface area contributed by atoms with Gasteiger partial charge < -0.3 is 15.2 Å². The maximum Gasteiger partial charge on any atom is 0.434 e. The summed E-state index contributed by atoms with van der Waals surface area (Å²) in [5, 5.41) is 12.7. The zero-order chi connectivity index (χ0) is 19.6. The number of aromatic nitrogens is 3. The first kappa shape index (κ1) is 19.8. The van der Waals surface area contributed by atoms with Crippen molar-refractivity contribution in [3.63, 3.8) is 0 Å². The third-order valence-electron chi connectivity index (χ3n) is 4.85. The van der Waals surface area contributed by atoms with E-state index in [4.69, 9.17) is 4.74 Å². The number of nitrogens with one attached hydrogen (secondary N) is 1. The van der Waals surface area contributed by atoms with Gasteiger partial charge in [0.1, 0.15) is 0 Å². The molecule has 0 bridgehead atoms. The number of nitrogens with zero attached hydrogens (tertiary/aromatic N) is 3. The Bertz CT molecular complexity index is 792. The highest BCUT2D eigenvalue weighted by Gasteiger charge is 2.36. The number of methoxy groups -OCH3 is 1. The van der Waals surface area contributed by atoms with Crippen LogP contribution in [0.4, 0.5) is 19.1 Å². The Hall–Kier alpha value is -2.00. The number of alkyl halides is 3. The van der Waals surface area contributed by atoms with Gasteiger partial charge in [0, 0.05) is 36.5 Å². The molecule has 1 fully saturated rings. The topological polar surface area (TPSA) is 80.2 Å². The number of rotatable bonds is 5. The van der Waals surface area contributed by atoms with Crippen molar-refractivity contribution in [1.29, 1.82) is 0 Å². The number of fused-ring (bicyclic) bond motifs is 1. The first-order valence-electron chi connectivity index (χ1n) is 8.96. The first-order chi connectivity index (χ1) is 12.8. The molecule has 0 radical (unpaired) electrons. The van der Waals surface area contributed by atoms with Crippen LogP contribution < -0.4 is 5.32 Å². The van der Waals surface area contributed by atoms with Crippen LogP contribution in [0.5, 0.6) is 0 Å². The van der Waals surface area contributed by atoms with Crippen LogP contribution in [-0.2, 0) is 10.9 Å². The smallest absolute Gasteiger partial charge is 0.393 e. The molecule has 2 heterocycles. The summed E-state index contributed by atoms with van der Waals surface area (Å²) < 4.78 is 45.2. The second-order valence-electron chi connectivity index (χ2n) is 7.02. The Morgan fingerprint density at radius 1 is 1.22 bits per heavy atom. The molecule has 148 valence electrons. The number of halogens is 3. The summed E-state index contributed by atoms with van der Waals surface area (Å²) in [7, 11) is 1.57.